The lowest BCUT2D eigenvalue weighted by Gasteiger charge is -2.36. The number of likely N-dealkylation sites (tertiary alicyclic amines) is 1. The van der Waals surface area contributed by atoms with Crippen molar-refractivity contribution in [3.05, 3.63) is 71.9 Å². The first-order valence-corrected chi connectivity index (χ1v) is 11.6. The van der Waals surface area contributed by atoms with Gasteiger partial charge in [-0.3, -0.25) is 5.32 Å². The Morgan fingerprint density at radius 3 is 2.55 bits per heavy atom. The van der Waals surface area contributed by atoms with E-state index in [1.165, 1.54) is 11.1 Å². The summed E-state index contributed by atoms with van der Waals surface area (Å²) in [5, 5.41) is 10.3. The van der Waals surface area contributed by atoms with Gasteiger partial charge in [0, 0.05) is 25.2 Å². The molecule has 0 bridgehead atoms. The van der Waals surface area contributed by atoms with Crippen LogP contribution >= 0.6 is 0 Å². The Morgan fingerprint density at radius 2 is 1.82 bits per heavy atom. The van der Waals surface area contributed by atoms with E-state index in [0.717, 1.165) is 32.4 Å². The molecule has 4 rings (SSSR count). The molecule has 1 atom stereocenters. The molecule has 7 nitrogen and oxygen atoms in total. The monoisotopic (exact) mass is 447 g/mol. The zero-order valence-electron chi connectivity index (χ0n) is 19.6. The van der Waals surface area contributed by atoms with Crippen LogP contribution in [0.5, 0.6) is 5.75 Å². The molecule has 1 fully saturated rings. The fraction of sp³-hybridized carbons (Fsp3) is 0.385. The van der Waals surface area contributed by atoms with Gasteiger partial charge < -0.3 is 15.0 Å². The number of benzene rings is 2. The van der Waals surface area contributed by atoms with Crippen molar-refractivity contribution in [2.75, 3.05) is 30.8 Å². The quantitative estimate of drug-likeness (QED) is 0.528. The van der Waals surface area contributed by atoms with Gasteiger partial charge in [0.2, 0.25) is 0 Å². The Morgan fingerprint density at radius 1 is 1.09 bits per heavy atom. The van der Waals surface area contributed by atoms with Crippen molar-refractivity contribution in [3.63, 3.8) is 0 Å². The number of carbonyl (C=O) groups is 1. The number of aryl methyl sites for hydroxylation is 1. The predicted octanol–water partition coefficient (Wildman–Crippen LogP) is 5.11. The van der Waals surface area contributed by atoms with E-state index >= 15 is 0 Å². The van der Waals surface area contributed by atoms with Crippen LogP contribution in [0.25, 0.3) is 0 Å². The third-order valence-corrected chi connectivity index (χ3v) is 6.39. The fourth-order valence-electron chi connectivity index (χ4n) is 4.49. The van der Waals surface area contributed by atoms with Crippen molar-refractivity contribution in [1.82, 2.24) is 14.7 Å². The van der Waals surface area contributed by atoms with E-state index in [2.05, 4.69) is 58.7 Å². The number of methoxy groups -OCH3 is 1. The van der Waals surface area contributed by atoms with Crippen LogP contribution in [0.1, 0.15) is 36.9 Å². The molecule has 174 valence electrons. The second-order valence-corrected chi connectivity index (χ2v) is 8.75. The first-order chi connectivity index (χ1) is 16.0. The molecule has 2 heterocycles. The molecule has 0 radical (unpaired) electrons. The summed E-state index contributed by atoms with van der Waals surface area (Å²) in [4.78, 5) is 15.1. The number of carbonyl (C=O) groups excluding carboxylic acids is 1. The summed E-state index contributed by atoms with van der Waals surface area (Å²) in [6, 6.07) is 18.5. The van der Waals surface area contributed by atoms with Gasteiger partial charge in [-0.2, -0.15) is 5.10 Å². The summed E-state index contributed by atoms with van der Waals surface area (Å²) in [6.45, 7) is 6.47. The number of ether oxygens (including phenoxy) is 1. The van der Waals surface area contributed by atoms with E-state index < -0.39 is 0 Å². The minimum absolute atomic E-state index is 0.268. The Labute approximate surface area is 195 Å². The minimum atomic E-state index is -0.314. The Balaban J connectivity index is 1.32. The van der Waals surface area contributed by atoms with Crippen LogP contribution in [0.2, 0.25) is 0 Å². The van der Waals surface area contributed by atoms with E-state index in [4.69, 9.17) is 4.74 Å². The molecule has 2 N–H and O–H groups in total. The molecular weight excluding hydrogens is 414 g/mol. The average Bonchev–Trinajstić information content (AvgIpc) is 3.29. The number of urea groups is 1. The van der Waals surface area contributed by atoms with E-state index in [1.807, 2.05) is 35.0 Å². The summed E-state index contributed by atoms with van der Waals surface area (Å²) in [5.74, 6) is 1.32. The normalized spacial score (nSPS) is 15.7. The van der Waals surface area contributed by atoms with Gasteiger partial charge in [-0.05, 0) is 50.8 Å². The van der Waals surface area contributed by atoms with E-state index in [9.17, 15) is 4.79 Å². The van der Waals surface area contributed by atoms with Crippen LogP contribution in [0.3, 0.4) is 0 Å². The highest BCUT2D eigenvalue weighted by atomic mass is 16.5. The SMILES string of the molecule is COc1ccccc1NC(=O)Nc1ccnn1C1CCN([C@H](C)Cc2ccc(C)cc2)CC1. The van der Waals surface area contributed by atoms with E-state index in [1.54, 1.807) is 13.3 Å². The Kier molecular flexibility index (Phi) is 7.29. The molecule has 33 heavy (non-hydrogen) atoms. The third-order valence-electron chi connectivity index (χ3n) is 6.39. The fourth-order valence-corrected chi connectivity index (χ4v) is 4.49. The molecule has 1 saturated heterocycles. The lowest BCUT2D eigenvalue weighted by atomic mass is 10.00. The third kappa shape index (κ3) is 5.73. The molecule has 3 aromatic rings. The predicted molar refractivity (Wildman–Crippen MR) is 132 cm³/mol. The van der Waals surface area contributed by atoms with Gasteiger partial charge in [-0.25, -0.2) is 9.48 Å². The second kappa shape index (κ2) is 10.5. The number of amides is 2. The van der Waals surface area contributed by atoms with Gasteiger partial charge in [0.15, 0.2) is 0 Å². The molecular formula is C26H33N5O2. The maximum Gasteiger partial charge on any atom is 0.324 e. The van der Waals surface area contributed by atoms with Gasteiger partial charge in [-0.1, -0.05) is 42.0 Å². The topological polar surface area (TPSA) is 71.4 Å². The van der Waals surface area contributed by atoms with Crippen LogP contribution < -0.4 is 15.4 Å². The molecule has 2 aromatic carbocycles. The van der Waals surface area contributed by atoms with Crippen molar-refractivity contribution < 1.29 is 9.53 Å². The second-order valence-electron chi connectivity index (χ2n) is 8.75. The Hall–Kier alpha value is -3.32. The van der Waals surface area contributed by atoms with Crippen LogP contribution in [0, 0.1) is 6.92 Å². The molecule has 1 aliphatic heterocycles. The summed E-state index contributed by atoms with van der Waals surface area (Å²) in [6.07, 6.45) is 4.80. The maximum absolute atomic E-state index is 12.6. The van der Waals surface area contributed by atoms with Crippen LogP contribution in [-0.4, -0.2) is 47.0 Å². The molecule has 7 heteroatoms. The minimum Gasteiger partial charge on any atom is -0.495 e. The van der Waals surface area contributed by atoms with E-state index in [0.29, 0.717) is 23.3 Å². The molecule has 0 spiro atoms. The summed E-state index contributed by atoms with van der Waals surface area (Å²) >= 11 is 0. The lowest BCUT2D eigenvalue weighted by Crippen LogP contribution is -2.41. The highest BCUT2D eigenvalue weighted by Gasteiger charge is 2.26. The van der Waals surface area contributed by atoms with Gasteiger partial charge in [-0.15, -0.1) is 0 Å². The van der Waals surface area contributed by atoms with Gasteiger partial charge in [0.05, 0.1) is 25.0 Å². The van der Waals surface area contributed by atoms with Crippen molar-refractivity contribution in [2.24, 2.45) is 0 Å². The number of aromatic nitrogens is 2. The molecule has 2 amide bonds. The first-order valence-electron chi connectivity index (χ1n) is 11.6. The van der Waals surface area contributed by atoms with Crippen LogP contribution in [0.15, 0.2) is 60.8 Å². The largest absolute Gasteiger partial charge is 0.495 e. The lowest BCUT2D eigenvalue weighted by molar-refractivity contribution is 0.139. The summed E-state index contributed by atoms with van der Waals surface area (Å²) < 4.78 is 7.26. The van der Waals surface area contributed by atoms with Crippen molar-refractivity contribution in [3.8, 4) is 5.75 Å². The number of para-hydroxylation sites is 2. The molecule has 1 aromatic heterocycles. The summed E-state index contributed by atoms with van der Waals surface area (Å²) in [7, 11) is 1.58. The summed E-state index contributed by atoms with van der Waals surface area (Å²) in [5.41, 5.74) is 3.31. The molecule has 1 aliphatic rings. The zero-order valence-corrected chi connectivity index (χ0v) is 19.6. The highest BCUT2D eigenvalue weighted by Crippen LogP contribution is 2.28. The van der Waals surface area contributed by atoms with Crippen molar-refractivity contribution >= 4 is 17.5 Å². The molecule has 0 aliphatic carbocycles. The number of rotatable bonds is 7. The molecule has 0 unspecified atom stereocenters. The van der Waals surface area contributed by atoms with Crippen molar-refractivity contribution in [1.29, 1.82) is 0 Å². The first kappa shape index (κ1) is 22.9. The number of nitrogens with zero attached hydrogens (tertiary/aromatic N) is 3. The Bertz CT molecular complexity index is 1050. The smallest absolute Gasteiger partial charge is 0.324 e. The van der Waals surface area contributed by atoms with Gasteiger partial charge >= 0.3 is 6.03 Å². The van der Waals surface area contributed by atoms with Crippen LogP contribution in [0.4, 0.5) is 16.3 Å². The molecule has 0 saturated carbocycles. The number of hydrogen-bond donors (Lipinski definition) is 2. The van der Waals surface area contributed by atoms with Crippen LogP contribution in [-0.2, 0) is 6.42 Å². The average molecular weight is 448 g/mol. The van der Waals surface area contributed by atoms with Gasteiger partial charge in [0.1, 0.15) is 11.6 Å². The number of anilines is 2. The zero-order chi connectivity index (χ0) is 23.2. The number of piperidine rings is 1. The number of hydrogen-bond acceptors (Lipinski definition) is 4. The highest BCUT2D eigenvalue weighted by molar-refractivity contribution is 6.00. The van der Waals surface area contributed by atoms with Crippen molar-refractivity contribution in [2.45, 2.75) is 45.2 Å². The van der Waals surface area contributed by atoms with Gasteiger partial charge in [0.25, 0.3) is 0 Å². The standard InChI is InChI=1S/C26H33N5O2/c1-19-8-10-21(11-9-19)18-20(2)30-16-13-22(14-17-30)31-25(12-15-27-31)29-26(32)28-23-6-4-5-7-24(23)33-3/h4-12,15,20,22H,13-14,16-18H2,1-3H3,(H2,28,29,32)/t20-/m1/s1. The number of nitrogens with one attached hydrogen (secondary N) is 2. The van der Waals surface area contributed by atoms with E-state index in [-0.39, 0.29) is 12.1 Å². The maximum atomic E-state index is 12.6.